The van der Waals surface area contributed by atoms with E-state index in [2.05, 4.69) is 0 Å². The van der Waals surface area contributed by atoms with Gasteiger partial charge in [0.15, 0.2) is 4.87 Å². The molecule has 6 heteroatoms. The summed E-state index contributed by atoms with van der Waals surface area (Å²) in [5.41, 5.74) is 3.10. The van der Waals surface area contributed by atoms with Gasteiger partial charge in [-0.05, 0) is 19.1 Å². The zero-order valence-corrected chi connectivity index (χ0v) is 16.2. The van der Waals surface area contributed by atoms with Gasteiger partial charge in [-0.2, -0.15) is 0 Å². The van der Waals surface area contributed by atoms with E-state index < -0.39 is 4.87 Å². The van der Waals surface area contributed by atoms with Crippen LogP contribution in [0.5, 0.6) is 0 Å². The van der Waals surface area contributed by atoms with Crippen LogP contribution in [0.4, 0.5) is 10.1 Å². The molecule has 2 aromatic rings. The molecule has 1 saturated heterocycles. The smallest absolute Gasteiger partial charge is 0.268 e. The Bertz CT molecular complexity index is 932. The molecule has 0 aliphatic carbocycles. The maximum Gasteiger partial charge on any atom is 0.268 e. The molecule has 1 spiro atoms. The predicted molar refractivity (Wildman–Crippen MR) is 105 cm³/mol. The summed E-state index contributed by atoms with van der Waals surface area (Å²) in [5, 5.41) is 0. The van der Waals surface area contributed by atoms with Crippen LogP contribution in [0.3, 0.4) is 0 Å². The van der Waals surface area contributed by atoms with Crippen molar-refractivity contribution in [3.05, 3.63) is 65.0 Å². The molecule has 0 saturated carbocycles. The van der Waals surface area contributed by atoms with Crippen LogP contribution in [0.15, 0.2) is 42.5 Å². The van der Waals surface area contributed by atoms with E-state index >= 15 is 0 Å². The first kappa shape index (κ1) is 18.0. The number of thioether (sulfide) groups is 1. The number of fused-ring (bicyclic) bond motifs is 2. The zero-order valence-electron chi connectivity index (χ0n) is 15.4. The zero-order chi connectivity index (χ0) is 19.2. The Labute approximate surface area is 162 Å². The summed E-state index contributed by atoms with van der Waals surface area (Å²) in [4.78, 5) is 28.6. The standard InChI is InChI=1S/C21H21FN2O2S/c1-3-19(25)24-10-11-27-21(24)16-12-14(2)8-9-18(16)23(20(21)26)13-15-6-4-5-7-17(15)22/h4-9,12H,3,10-11,13H2,1-2H3/t21-/m0/s1. The number of nitrogens with zero attached hydrogens (tertiary/aromatic N) is 2. The van der Waals surface area contributed by atoms with Crippen LogP contribution in [-0.2, 0) is 21.0 Å². The van der Waals surface area contributed by atoms with Crippen molar-refractivity contribution >= 4 is 29.3 Å². The average Bonchev–Trinajstić information content (AvgIpc) is 3.20. The largest absolute Gasteiger partial charge is 0.315 e. The highest BCUT2D eigenvalue weighted by Gasteiger charge is 2.59. The fraction of sp³-hybridized carbons (Fsp3) is 0.333. The van der Waals surface area contributed by atoms with Crippen LogP contribution in [0.25, 0.3) is 0 Å². The van der Waals surface area contributed by atoms with Gasteiger partial charge in [-0.1, -0.05) is 42.8 Å². The average molecular weight is 384 g/mol. The third-order valence-electron chi connectivity index (χ3n) is 5.24. The lowest BCUT2D eigenvalue weighted by molar-refractivity contribution is -0.139. The van der Waals surface area contributed by atoms with E-state index in [9.17, 15) is 14.0 Å². The van der Waals surface area contributed by atoms with E-state index in [-0.39, 0.29) is 24.2 Å². The molecule has 4 nitrogen and oxygen atoms in total. The summed E-state index contributed by atoms with van der Waals surface area (Å²) in [6.07, 6.45) is 0.351. The minimum Gasteiger partial charge on any atom is -0.315 e. The van der Waals surface area contributed by atoms with E-state index in [0.717, 1.165) is 16.8 Å². The molecule has 1 fully saturated rings. The summed E-state index contributed by atoms with van der Waals surface area (Å²) < 4.78 is 14.2. The molecule has 0 bridgehead atoms. The number of rotatable bonds is 3. The van der Waals surface area contributed by atoms with Crippen molar-refractivity contribution in [2.45, 2.75) is 31.7 Å². The van der Waals surface area contributed by atoms with Gasteiger partial charge >= 0.3 is 0 Å². The van der Waals surface area contributed by atoms with Gasteiger partial charge in [0.1, 0.15) is 5.82 Å². The molecule has 2 aliphatic heterocycles. The number of carbonyl (C=O) groups excluding carboxylic acids is 2. The summed E-state index contributed by atoms with van der Waals surface area (Å²) in [5.74, 6) is 0.183. The van der Waals surface area contributed by atoms with Crippen LogP contribution >= 0.6 is 11.8 Å². The van der Waals surface area contributed by atoms with E-state index in [4.69, 9.17) is 0 Å². The SMILES string of the molecule is CCC(=O)N1CCS[C@@]12C(=O)N(Cc1ccccc1F)c1ccc(C)cc12. The Kier molecular flexibility index (Phi) is 4.46. The van der Waals surface area contributed by atoms with E-state index in [1.165, 1.54) is 17.8 Å². The lowest BCUT2D eigenvalue weighted by Gasteiger charge is -2.33. The van der Waals surface area contributed by atoms with Crippen molar-refractivity contribution < 1.29 is 14.0 Å². The van der Waals surface area contributed by atoms with Crippen molar-refractivity contribution in [1.82, 2.24) is 4.90 Å². The third kappa shape index (κ3) is 2.65. The number of amides is 2. The number of hydrogen-bond acceptors (Lipinski definition) is 3. The molecule has 2 aliphatic rings. The quantitative estimate of drug-likeness (QED) is 0.808. The molecule has 0 unspecified atom stereocenters. The van der Waals surface area contributed by atoms with Crippen molar-refractivity contribution in [3.8, 4) is 0 Å². The summed E-state index contributed by atoms with van der Waals surface area (Å²) in [7, 11) is 0. The number of aryl methyl sites for hydroxylation is 1. The summed E-state index contributed by atoms with van der Waals surface area (Å²) in [6, 6.07) is 12.3. The van der Waals surface area contributed by atoms with Gasteiger partial charge < -0.3 is 9.80 Å². The third-order valence-corrected chi connectivity index (χ3v) is 6.66. The minimum atomic E-state index is -1.03. The first-order valence-corrected chi connectivity index (χ1v) is 10.1. The summed E-state index contributed by atoms with van der Waals surface area (Å²) in [6.45, 7) is 4.48. The minimum absolute atomic E-state index is 0.0338. The molecular formula is C21H21FN2O2S. The first-order chi connectivity index (χ1) is 13.0. The highest BCUT2D eigenvalue weighted by molar-refractivity contribution is 8.01. The highest BCUT2D eigenvalue weighted by atomic mass is 32.2. The maximum absolute atomic E-state index is 14.2. The predicted octanol–water partition coefficient (Wildman–Crippen LogP) is 3.82. The van der Waals surface area contributed by atoms with Gasteiger partial charge in [0.05, 0.1) is 12.2 Å². The molecule has 2 heterocycles. The Balaban J connectivity index is 1.84. The van der Waals surface area contributed by atoms with Gasteiger partial charge in [-0.25, -0.2) is 4.39 Å². The van der Waals surface area contributed by atoms with Gasteiger partial charge in [-0.15, -0.1) is 11.8 Å². The Morgan fingerprint density at radius 2 is 2.04 bits per heavy atom. The molecule has 0 aromatic heterocycles. The molecule has 0 radical (unpaired) electrons. The van der Waals surface area contributed by atoms with E-state index in [1.807, 2.05) is 32.0 Å². The van der Waals surface area contributed by atoms with Gasteiger partial charge in [0, 0.05) is 29.8 Å². The summed E-state index contributed by atoms with van der Waals surface area (Å²) >= 11 is 1.50. The molecular weight excluding hydrogens is 363 g/mol. The Morgan fingerprint density at radius 1 is 1.26 bits per heavy atom. The number of hydrogen-bond donors (Lipinski definition) is 0. The molecule has 1 atom stereocenters. The van der Waals surface area contributed by atoms with Crippen LogP contribution in [0, 0.1) is 12.7 Å². The van der Waals surface area contributed by atoms with Crippen LogP contribution < -0.4 is 4.90 Å². The first-order valence-electron chi connectivity index (χ1n) is 9.10. The van der Waals surface area contributed by atoms with Crippen LogP contribution in [0.2, 0.25) is 0 Å². The second-order valence-corrected chi connectivity index (χ2v) is 8.18. The lowest BCUT2D eigenvalue weighted by atomic mass is 10.0. The number of anilines is 1. The number of halogens is 1. The fourth-order valence-electron chi connectivity index (χ4n) is 3.93. The highest BCUT2D eigenvalue weighted by Crippen LogP contribution is 2.54. The van der Waals surface area contributed by atoms with Gasteiger partial charge in [0.25, 0.3) is 5.91 Å². The van der Waals surface area contributed by atoms with Crippen molar-refractivity contribution in [2.75, 3.05) is 17.2 Å². The Morgan fingerprint density at radius 3 is 2.78 bits per heavy atom. The van der Waals surface area contributed by atoms with Gasteiger partial charge in [-0.3, -0.25) is 9.59 Å². The maximum atomic E-state index is 14.2. The molecule has 4 rings (SSSR count). The van der Waals surface area contributed by atoms with Crippen molar-refractivity contribution in [3.63, 3.8) is 0 Å². The molecule has 2 aromatic carbocycles. The topological polar surface area (TPSA) is 40.6 Å². The molecule has 0 N–H and O–H groups in total. The van der Waals surface area contributed by atoms with Crippen molar-refractivity contribution in [2.24, 2.45) is 0 Å². The van der Waals surface area contributed by atoms with Gasteiger partial charge in [0.2, 0.25) is 5.91 Å². The second-order valence-electron chi connectivity index (χ2n) is 6.89. The normalized spacial score (nSPS) is 21.2. The van der Waals surface area contributed by atoms with E-state index in [0.29, 0.717) is 24.3 Å². The number of benzene rings is 2. The van der Waals surface area contributed by atoms with E-state index in [1.54, 1.807) is 28.0 Å². The Hall–Kier alpha value is -2.34. The fourth-order valence-corrected chi connectivity index (χ4v) is 5.40. The van der Waals surface area contributed by atoms with Crippen LogP contribution in [0.1, 0.15) is 30.0 Å². The lowest BCUT2D eigenvalue weighted by Crippen LogP contribution is -2.50. The van der Waals surface area contributed by atoms with Crippen LogP contribution in [-0.4, -0.2) is 29.0 Å². The molecule has 27 heavy (non-hydrogen) atoms. The monoisotopic (exact) mass is 384 g/mol. The molecule has 140 valence electrons. The number of carbonyl (C=O) groups is 2. The molecule has 2 amide bonds. The second kappa shape index (κ2) is 6.68. The van der Waals surface area contributed by atoms with Crippen molar-refractivity contribution in [1.29, 1.82) is 0 Å².